The molecule has 0 spiro atoms. The Hall–Kier alpha value is -2.82. The average Bonchev–Trinajstić information content (AvgIpc) is 2.65. The smallest absolute Gasteiger partial charge is 0.338 e. The van der Waals surface area contributed by atoms with Gasteiger partial charge in [-0.1, -0.05) is 49.4 Å². The van der Waals surface area contributed by atoms with Gasteiger partial charge in [0.2, 0.25) is 0 Å². The summed E-state index contributed by atoms with van der Waals surface area (Å²) in [4.78, 5) is 16.5. The van der Waals surface area contributed by atoms with Crippen molar-refractivity contribution in [2.24, 2.45) is 10.7 Å². The number of carbonyl (C=O) groups is 1. The Morgan fingerprint density at radius 3 is 2.60 bits per heavy atom. The standard InChI is InChI=1S/C20H25N3O2/c1-3-15(2)23-20(21)22-13-17-10-7-11-18(12-17)19(24)25-14-16-8-5-4-6-9-16/h4-12,15H,3,13-14H2,1-2H3,(H3,21,22,23). The zero-order valence-corrected chi connectivity index (χ0v) is 14.7. The molecule has 0 heterocycles. The Kier molecular flexibility index (Phi) is 7.01. The van der Waals surface area contributed by atoms with E-state index < -0.39 is 0 Å². The molecule has 25 heavy (non-hydrogen) atoms. The Balaban J connectivity index is 1.93. The number of nitrogens with two attached hydrogens (primary N) is 1. The summed E-state index contributed by atoms with van der Waals surface area (Å²) in [5, 5.41) is 3.11. The van der Waals surface area contributed by atoms with E-state index in [0.717, 1.165) is 17.5 Å². The van der Waals surface area contributed by atoms with Crippen LogP contribution in [0.5, 0.6) is 0 Å². The average molecular weight is 339 g/mol. The number of hydrogen-bond acceptors (Lipinski definition) is 3. The second kappa shape index (κ2) is 9.47. The van der Waals surface area contributed by atoms with E-state index in [0.29, 0.717) is 18.1 Å². The minimum atomic E-state index is -0.347. The van der Waals surface area contributed by atoms with Crippen molar-refractivity contribution in [3.63, 3.8) is 0 Å². The molecule has 2 aromatic carbocycles. The maximum atomic E-state index is 12.2. The predicted octanol–water partition coefficient (Wildman–Crippen LogP) is 3.25. The fraction of sp³-hybridized carbons (Fsp3) is 0.300. The van der Waals surface area contributed by atoms with Gasteiger partial charge >= 0.3 is 5.97 Å². The van der Waals surface area contributed by atoms with Crippen molar-refractivity contribution in [3.8, 4) is 0 Å². The van der Waals surface area contributed by atoms with Crippen molar-refractivity contribution < 1.29 is 9.53 Å². The van der Waals surface area contributed by atoms with Gasteiger partial charge < -0.3 is 15.8 Å². The quantitative estimate of drug-likeness (QED) is 0.461. The molecule has 0 fully saturated rings. The van der Waals surface area contributed by atoms with E-state index in [2.05, 4.69) is 17.2 Å². The summed E-state index contributed by atoms with van der Waals surface area (Å²) in [6.45, 7) is 4.80. The van der Waals surface area contributed by atoms with Gasteiger partial charge in [-0.25, -0.2) is 9.79 Å². The van der Waals surface area contributed by atoms with Crippen LogP contribution in [-0.4, -0.2) is 18.0 Å². The number of carbonyl (C=O) groups excluding carboxylic acids is 1. The molecule has 1 atom stereocenters. The monoisotopic (exact) mass is 339 g/mol. The van der Waals surface area contributed by atoms with Crippen LogP contribution in [0.15, 0.2) is 59.6 Å². The van der Waals surface area contributed by atoms with Gasteiger partial charge in [-0.2, -0.15) is 0 Å². The highest BCUT2D eigenvalue weighted by Crippen LogP contribution is 2.10. The lowest BCUT2D eigenvalue weighted by Crippen LogP contribution is -2.38. The van der Waals surface area contributed by atoms with Crippen molar-refractivity contribution in [1.29, 1.82) is 0 Å². The van der Waals surface area contributed by atoms with Crippen molar-refractivity contribution in [2.75, 3.05) is 0 Å². The van der Waals surface area contributed by atoms with E-state index in [1.54, 1.807) is 12.1 Å². The van der Waals surface area contributed by atoms with Gasteiger partial charge in [-0.3, -0.25) is 0 Å². The molecule has 0 saturated carbocycles. The van der Waals surface area contributed by atoms with Gasteiger partial charge in [-0.15, -0.1) is 0 Å². The Morgan fingerprint density at radius 2 is 1.88 bits per heavy atom. The van der Waals surface area contributed by atoms with Crippen LogP contribution < -0.4 is 11.1 Å². The van der Waals surface area contributed by atoms with Crippen LogP contribution in [0, 0.1) is 0 Å². The second-order valence-corrected chi connectivity index (χ2v) is 5.92. The van der Waals surface area contributed by atoms with Gasteiger partial charge in [0.05, 0.1) is 12.1 Å². The van der Waals surface area contributed by atoms with E-state index in [1.807, 2.05) is 49.4 Å². The number of nitrogens with zero attached hydrogens (tertiary/aromatic N) is 1. The first-order chi connectivity index (χ1) is 12.1. The fourth-order valence-electron chi connectivity index (χ4n) is 2.18. The summed E-state index contributed by atoms with van der Waals surface area (Å²) in [6.07, 6.45) is 0.971. The summed E-state index contributed by atoms with van der Waals surface area (Å²) in [5.41, 5.74) is 8.23. The molecule has 2 rings (SSSR count). The Labute approximate surface area is 148 Å². The molecule has 0 aliphatic carbocycles. The first-order valence-electron chi connectivity index (χ1n) is 8.45. The van der Waals surface area contributed by atoms with Crippen LogP contribution in [0.3, 0.4) is 0 Å². The summed E-state index contributed by atoms with van der Waals surface area (Å²) >= 11 is 0. The van der Waals surface area contributed by atoms with E-state index in [1.165, 1.54) is 0 Å². The lowest BCUT2D eigenvalue weighted by Gasteiger charge is -2.11. The molecular formula is C20H25N3O2. The van der Waals surface area contributed by atoms with E-state index >= 15 is 0 Å². The number of hydrogen-bond donors (Lipinski definition) is 2. The second-order valence-electron chi connectivity index (χ2n) is 5.92. The van der Waals surface area contributed by atoms with Crippen molar-refractivity contribution in [3.05, 3.63) is 71.3 Å². The van der Waals surface area contributed by atoms with Crippen LogP contribution in [0.4, 0.5) is 0 Å². The van der Waals surface area contributed by atoms with Crippen LogP contribution in [0.25, 0.3) is 0 Å². The number of benzene rings is 2. The third kappa shape index (κ3) is 6.30. The SMILES string of the molecule is CCC(C)NC(N)=NCc1cccc(C(=O)OCc2ccccc2)c1. The summed E-state index contributed by atoms with van der Waals surface area (Å²) in [6, 6.07) is 17.1. The number of guanidine groups is 1. The molecule has 3 N–H and O–H groups in total. The summed E-state index contributed by atoms with van der Waals surface area (Å²) < 4.78 is 5.35. The molecule has 0 amide bonds. The normalized spacial score (nSPS) is 12.5. The zero-order valence-electron chi connectivity index (χ0n) is 14.7. The van der Waals surface area contributed by atoms with Crippen molar-refractivity contribution in [1.82, 2.24) is 5.32 Å². The van der Waals surface area contributed by atoms with Crippen LogP contribution >= 0.6 is 0 Å². The Morgan fingerprint density at radius 1 is 1.16 bits per heavy atom. The summed E-state index contributed by atoms with van der Waals surface area (Å²) in [5.74, 6) is 0.0618. The summed E-state index contributed by atoms with van der Waals surface area (Å²) in [7, 11) is 0. The highest BCUT2D eigenvalue weighted by Gasteiger charge is 2.08. The molecule has 5 heteroatoms. The first-order valence-corrected chi connectivity index (χ1v) is 8.45. The van der Waals surface area contributed by atoms with Gasteiger partial charge in [0, 0.05) is 6.04 Å². The number of esters is 1. The number of ether oxygens (including phenoxy) is 1. The number of rotatable bonds is 7. The fourth-order valence-corrected chi connectivity index (χ4v) is 2.18. The predicted molar refractivity (Wildman–Crippen MR) is 100 cm³/mol. The molecule has 2 aromatic rings. The molecule has 1 unspecified atom stereocenters. The lowest BCUT2D eigenvalue weighted by atomic mass is 10.1. The van der Waals surface area contributed by atoms with Gasteiger partial charge in [0.25, 0.3) is 0 Å². The minimum Gasteiger partial charge on any atom is -0.457 e. The molecule has 0 aliphatic rings. The number of aliphatic imine (C=N–C) groups is 1. The van der Waals surface area contributed by atoms with Crippen molar-refractivity contribution >= 4 is 11.9 Å². The van der Waals surface area contributed by atoms with Crippen LogP contribution in [0.1, 0.15) is 41.8 Å². The molecule has 132 valence electrons. The molecular weight excluding hydrogens is 314 g/mol. The highest BCUT2D eigenvalue weighted by molar-refractivity contribution is 5.89. The van der Waals surface area contributed by atoms with Gasteiger partial charge in [0.1, 0.15) is 6.61 Å². The van der Waals surface area contributed by atoms with Crippen LogP contribution in [-0.2, 0) is 17.9 Å². The third-order valence-corrected chi connectivity index (χ3v) is 3.81. The van der Waals surface area contributed by atoms with Gasteiger partial charge in [0.15, 0.2) is 5.96 Å². The lowest BCUT2D eigenvalue weighted by molar-refractivity contribution is 0.0472. The zero-order chi connectivity index (χ0) is 18.1. The molecule has 0 saturated heterocycles. The molecule has 0 bridgehead atoms. The van der Waals surface area contributed by atoms with E-state index in [4.69, 9.17) is 10.5 Å². The van der Waals surface area contributed by atoms with Gasteiger partial charge in [-0.05, 0) is 36.6 Å². The Bertz CT molecular complexity index is 714. The molecule has 0 aliphatic heterocycles. The maximum Gasteiger partial charge on any atom is 0.338 e. The van der Waals surface area contributed by atoms with E-state index in [-0.39, 0.29) is 18.6 Å². The topological polar surface area (TPSA) is 76.7 Å². The molecule has 0 aromatic heterocycles. The minimum absolute atomic E-state index is 0.258. The molecule has 5 nitrogen and oxygen atoms in total. The number of nitrogens with one attached hydrogen (secondary N) is 1. The first kappa shape index (κ1) is 18.5. The third-order valence-electron chi connectivity index (χ3n) is 3.81. The largest absolute Gasteiger partial charge is 0.457 e. The van der Waals surface area contributed by atoms with Crippen molar-refractivity contribution in [2.45, 2.75) is 39.5 Å². The highest BCUT2D eigenvalue weighted by atomic mass is 16.5. The maximum absolute atomic E-state index is 12.2. The van der Waals surface area contributed by atoms with Crippen LogP contribution in [0.2, 0.25) is 0 Å². The molecule has 0 radical (unpaired) electrons. The van der Waals surface area contributed by atoms with E-state index in [9.17, 15) is 4.79 Å².